The number of rotatable bonds is 6. The molecule has 0 atom stereocenters. The Hall–Kier alpha value is -3.22. The summed E-state index contributed by atoms with van der Waals surface area (Å²) in [5.41, 5.74) is 2.46. The second-order valence-corrected chi connectivity index (χ2v) is 10.7. The van der Waals surface area contributed by atoms with E-state index in [0.29, 0.717) is 67.3 Å². The van der Waals surface area contributed by atoms with Crippen LogP contribution in [0.4, 0.5) is 10.1 Å². The topological polar surface area (TPSA) is 110 Å². The van der Waals surface area contributed by atoms with Gasteiger partial charge in [0.05, 0.1) is 42.0 Å². The number of hydrogen-bond donors (Lipinski definition) is 1. The summed E-state index contributed by atoms with van der Waals surface area (Å²) >= 11 is 0. The van der Waals surface area contributed by atoms with Crippen LogP contribution >= 0.6 is 0 Å². The van der Waals surface area contributed by atoms with Gasteiger partial charge in [0.2, 0.25) is 0 Å². The fourth-order valence-electron chi connectivity index (χ4n) is 4.88. The molecule has 1 N–H and O–H groups in total. The first-order valence-electron chi connectivity index (χ1n) is 11.7. The third-order valence-corrected chi connectivity index (χ3v) is 7.10. The quantitative estimate of drug-likeness (QED) is 0.572. The highest BCUT2D eigenvalue weighted by Crippen LogP contribution is 2.36. The molecule has 0 bridgehead atoms. The average molecular weight is 519 g/mol. The zero-order chi connectivity index (χ0) is 25.6. The molecule has 0 radical (unpaired) electrons. The number of halogens is 1. The molecule has 12 heteroatoms. The van der Waals surface area contributed by atoms with Gasteiger partial charge in [0.25, 0.3) is 11.8 Å². The van der Waals surface area contributed by atoms with Crippen molar-refractivity contribution in [2.75, 3.05) is 57.5 Å². The van der Waals surface area contributed by atoms with Crippen LogP contribution in [0.3, 0.4) is 0 Å². The zero-order valence-corrected chi connectivity index (χ0v) is 20.9. The van der Waals surface area contributed by atoms with E-state index in [4.69, 9.17) is 9.02 Å². The van der Waals surface area contributed by atoms with Gasteiger partial charge in [-0.15, -0.1) is 0 Å². The van der Waals surface area contributed by atoms with Crippen LogP contribution in [0, 0.1) is 12.7 Å². The lowest BCUT2D eigenvalue weighted by atomic mass is 10.0. The van der Waals surface area contributed by atoms with Crippen molar-refractivity contribution in [3.8, 4) is 0 Å². The van der Waals surface area contributed by atoms with Crippen LogP contribution in [0.15, 0.2) is 18.2 Å². The minimum atomic E-state index is -3.96. The zero-order valence-electron chi connectivity index (χ0n) is 20.0. The van der Waals surface area contributed by atoms with Gasteiger partial charge in [-0.05, 0) is 36.8 Å². The van der Waals surface area contributed by atoms with Crippen molar-refractivity contribution >= 4 is 39.3 Å². The molecule has 10 nitrogen and oxygen atoms in total. The van der Waals surface area contributed by atoms with Gasteiger partial charge in [-0.2, -0.15) is 13.1 Å². The van der Waals surface area contributed by atoms with Crippen molar-refractivity contribution in [2.45, 2.75) is 13.3 Å². The van der Waals surface area contributed by atoms with Crippen LogP contribution in [0.1, 0.15) is 32.9 Å². The number of anilines is 1. The Morgan fingerprint density at radius 2 is 1.92 bits per heavy atom. The van der Waals surface area contributed by atoms with E-state index in [-0.39, 0.29) is 17.2 Å². The van der Waals surface area contributed by atoms with Crippen molar-refractivity contribution in [2.24, 2.45) is 0 Å². The molecule has 36 heavy (non-hydrogen) atoms. The molecule has 4 heterocycles. The van der Waals surface area contributed by atoms with Crippen LogP contribution in [0.2, 0.25) is 0 Å². The molecule has 192 valence electrons. The van der Waals surface area contributed by atoms with Gasteiger partial charge in [0, 0.05) is 50.4 Å². The van der Waals surface area contributed by atoms with E-state index in [1.165, 1.54) is 24.3 Å². The number of carbonyl (C=O) groups is 2. The van der Waals surface area contributed by atoms with E-state index < -0.39 is 21.8 Å². The number of nitrogens with one attached hydrogen (secondary N) is 1. The first kappa shape index (κ1) is 24.5. The normalized spacial score (nSPS) is 19.4. The lowest BCUT2D eigenvalue weighted by Gasteiger charge is -2.32. The van der Waals surface area contributed by atoms with Crippen molar-refractivity contribution in [3.05, 3.63) is 52.1 Å². The predicted molar refractivity (Wildman–Crippen MR) is 130 cm³/mol. The van der Waals surface area contributed by atoms with E-state index >= 15 is 0 Å². The summed E-state index contributed by atoms with van der Waals surface area (Å²) in [6.07, 6.45) is 2.74. The number of hydrogen-bond acceptors (Lipinski definition) is 7. The van der Waals surface area contributed by atoms with Crippen molar-refractivity contribution in [1.29, 1.82) is 0 Å². The number of ether oxygens (including phenoxy) is 1. The predicted octanol–water partition coefficient (Wildman–Crippen LogP) is 1.15. The van der Waals surface area contributed by atoms with Gasteiger partial charge in [0.1, 0.15) is 5.82 Å². The molecule has 1 aromatic heterocycles. The average Bonchev–Trinajstić information content (AvgIpc) is 3.27. The SMILES string of the molecule is Cc1c2c(n(OS(C)(=O)=O)c1/C=C1\C(=O)Nc3ccc(F)cc31)CCN(CCN1CCOCC1)C2=O. The molecular formula is C24H27FN4O6S. The first-order valence-corrected chi connectivity index (χ1v) is 13.5. The Bertz CT molecular complexity index is 1380. The Labute approximate surface area is 208 Å². The summed E-state index contributed by atoms with van der Waals surface area (Å²) in [6.45, 7) is 6.29. The summed E-state index contributed by atoms with van der Waals surface area (Å²) in [7, 11) is -3.96. The highest BCUT2D eigenvalue weighted by molar-refractivity contribution is 7.86. The maximum Gasteiger partial charge on any atom is 0.324 e. The Balaban J connectivity index is 1.53. The summed E-state index contributed by atoms with van der Waals surface area (Å²) in [5, 5.41) is 2.68. The van der Waals surface area contributed by atoms with E-state index in [9.17, 15) is 22.4 Å². The van der Waals surface area contributed by atoms with Crippen LogP contribution < -0.4 is 9.60 Å². The minimum absolute atomic E-state index is 0.150. The number of benzene rings is 1. The molecule has 2 aromatic rings. The summed E-state index contributed by atoms with van der Waals surface area (Å²) in [5.74, 6) is -1.20. The Morgan fingerprint density at radius 3 is 2.64 bits per heavy atom. The second kappa shape index (κ2) is 9.34. The molecule has 2 amide bonds. The van der Waals surface area contributed by atoms with Crippen molar-refractivity contribution in [1.82, 2.24) is 14.5 Å². The molecule has 1 aromatic carbocycles. The van der Waals surface area contributed by atoms with Crippen LogP contribution in [-0.4, -0.2) is 87.0 Å². The van der Waals surface area contributed by atoms with E-state index in [1.807, 2.05) is 0 Å². The second-order valence-electron chi connectivity index (χ2n) is 9.10. The Morgan fingerprint density at radius 1 is 1.17 bits per heavy atom. The molecule has 3 aliphatic rings. The number of morpholine rings is 1. The molecule has 1 fully saturated rings. The highest BCUT2D eigenvalue weighted by atomic mass is 32.2. The summed E-state index contributed by atoms with van der Waals surface area (Å²) in [4.78, 5) is 30.2. The van der Waals surface area contributed by atoms with Gasteiger partial charge in [-0.3, -0.25) is 18.8 Å². The number of fused-ring (bicyclic) bond motifs is 2. The number of nitrogens with zero attached hydrogens (tertiary/aromatic N) is 3. The third kappa shape index (κ3) is 4.63. The molecule has 0 aliphatic carbocycles. The largest absolute Gasteiger partial charge is 0.379 e. The van der Waals surface area contributed by atoms with Crippen LogP contribution in [-0.2, 0) is 26.1 Å². The van der Waals surface area contributed by atoms with Gasteiger partial charge >= 0.3 is 10.1 Å². The minimum Gasteiger partial charge on any atom is -0.379 e. The number of carbonyl (C=O) groups excluding carboxylic acids is 2. The lowest BCUT2D eigenvalue weighted by molar-refractivity contribution is -0.110. The van der Waals surface area contributed by atoms with Gasteiger partial charge < -0.3 is 15.0 Å². The van der Waals surface area contributed by atoms with Crippen molar-refractivity contribution in [3.63, 3.8) is 0 Å². The smallest absolute Gasteiger partial charge is 0.324 e. The van der Waals surface area contributed by atoms with Gasteiger partial charge in [-0.25, -0.2) is 4.39 Å². The molecule has 3 aliphatic heterocycles. The molecule has 1 saturated heterocycles. The lowest BCUT2D eigenvalue weighted by Crippen LogP contribution is -2.45. The van der Waals surface area contributed by atoms with Crippen LogP contribution in [0.25, 0.3) is 11.6 Å². The molecule has 5 rings (SSSR count). The standard InChI is InChI=1S/C24H27FN4O6S/c1-15-21(14-18-17-13-16(25)3-4-19(17)26-23(18)30)29(35-36(2,32)33)20-5-6-28(24(31)22(15)20)8-7-27-9-11-34-12-10-27/h3-4,13-14H,5-12H2,1-2H3,(H,26,30)/b18-14-. The first-order chi connectivity index (χ1) is 17.1. The fourth-order valence-corrected chi connectivity index (χ4v) is 5.32. The maximum absolute atomic E-state index is 13.9. The monoisotopic (exact) mass is 518 g/mol. The van der Waals surface area contributed by atoms with E-state index in [0.717, 1.165) is 24.1 Å². The number of aromatic nitrogens is 1. The Kier molecular flexibility index (Phi) is 6.35. The fraction of sp³-hybridized carbons (Fsp3) is 0.417. The third-order valence-electron chi connectivity index (χ3n) is 6.68. The highest BCUT2D eigenvalue weighted by Gasteiger charge is 2.35. The molecular weight excluding hydrogens is 491 g/mol. The molecule has 0 unspecified atom stereocenters. The van der Waals surface area contributed by atoms with E-state index in [2.05, 4.69) is 10.2 Å². The molecule has 0 saturated carbocycles. The van der Waals surface area contributed by atoms with Gasteiger partial charge in [-0.1, -0.05) is 0 Å². The summed E-state index contributed by atoms with van der Waals surface area (Å²) in [6, 6.07) is 3.94. The van der Waals surface area contributed by atoms with Gasteiger partial charge in [0.15, 0.2) is 0 Å². The van der Waals surface area contributed by atoms with Crippen molar-refractivity contribution < 1.29 is 31.4 Å². The van der Waals surface area contributed by atoms with Crippen LogP contribution in [0.5, 0.6) is 0 Å². The molecule has 0 spiro atoms. The maximum atomic E-state index is 13.9. The number of amides is 2. The van der Waals surface area contributed by atoms with E-state index in [1.54, 1.807) is 11.8 Å². The summed E-state index contributed by atoms with van der Waals surface area (Å²) < 4.78 is 49.9.